The number of rotatable bonds is 4. The van der Waals surface area contributed by atoms with Crippen LogP contribution in [0.15, 0.2) is 81.4 Å². The molecule has 4 aromatic rings. The molecule has 0 unspecified atom stereocenters. The van der Waals surface area contributed by atoms with Crippen molar-refractivity contribution < 1.29 is 0 Å². The molecule has 0 saturated heterocycles. The van der Waals surface area contributed by atoms with Gasteiger partial charge in [0.2, 0.25) is 0 Å². The molecular weight excluding hydrogens is 392 g/mol. The average Bonchev–Trinajstić information content (AvgIpc) is 3.47. The van der Waals surface area contributed by atoms with E-state index in [2.05, 4.69) is 73.1 Å². The third-order valence-corrected chi connectivity index (χ3v) is 7.03. The molecule has 0 saturated carbocycles. The molecule has 2 aromatic heterocycles. The van der Waals surface area contributed by atoms with Crippen LogP contribution in [-0.4, -0.2) is 12.4 Å². The van der Waals surface area contributed by atoms with Crippen LogP contribution in [0.2, 0.25) is 0 Å². The molecule has 1 aliphatic carbocycles. The van der Waals surface area contributed by atoms with Crippen molar-refractivity contribution >= 4 is 46.5 Å². The minimum Gasteiger partial charge on any atom is -0.255 e. The highest BCUT2D eigenvalue weighted by Gasteiger charge is 2.35. The third-order valence-electron chi connectivity index (χ3n) is 5.41. The first kappa shape index (κ1) is 18.2. The number of nitrogens with zero attached hydrogens (tertiary/aromatic N) is 2. The lowest BCUT2D eigenvalue weighted by Crippen LogP contribution is -2.14. The van der Waals surface area contributed by atoms with E-state index in [1.165, 1.54) is 32.0 Å². The van der Waals surface area contributed by atoms with Crippen molar-refractivity contribution in [3.63, 3.8) is 0 Å². The highest BCUT2D eigenvalue weighted by Crippen LogP contribution is 2.50. The lowest BCUT2D eigenvalue weighted by molar-refractivity contribution is 0.660. The molecule has 0 fully saturated rings. The zero-order valence-electron chi connectivity index (χ0n) is 16.3. The van der Waals surface area contributed by atoms with Gasteiger partial charge in [-0.05, 0) is 69.4 Å². The summed E-state index contributed by atoms with van der Waals surface area (Å²) in [5.41, 5.74) is 7.17. The van der Waals surface area contributed by atoms with Gasteiger partial charge in [0.25, 0.3) is 0 Å². The molecular formula is C25H20N2S2. The number of thiophene rings is 2. The lowest BCUT2D eigenvalue weighted by atomic mass is 9.82. The van der Waals surface area contributed by atoms with Crippen molar-refractivity contribution in [3.05, 3.63) is 92.3 Å². The summed E-state index contributed by atoms with van der Waals surface area (Å²) >= 11 is 3.40. The summed E-state index contributed by atoms with van der Waals surface area (Å²) < 4.78 is 0. The van der Waals surface area contributed by atoms with E-state index in [4.69, 9.17) is 9.98 Å². The van der Waals surface area contributed by atoms with Crippen LogP contribution in [0.25, 0.3) is 11.1 Å². The fourth-order valence-corrected chi connectivity index (χ4v) is 5.05. The van der Waals surface area contributed by atoms with Gasteiger partial charge in [0, 0.05) is 27.6 Å². The van der Waals surface area contributed by atoms with Crippen LogP contribution in [0.4, 0.5) is 11.4 Å². The van der Waals surface area contributed by atoms with Crippen LogP contribution < -0.4 is 0 Å². The molecule has 2 aromatic carbocycles. The summed E-state index contributed by atoms with van der Waals surface area (Å²) in [4.78, 5) is 11.7. The van der Waals surface area contributed by atoms with Gasteiger partial charge in [-0.3, -0.25) is 9.98 Å². The van der Waals surface area contributed by atoms with Crippen molar-refractivity contribution in [3.8, 4) is 11.1 Å². The Bertz CT molecular complexity index is 1120. The van der Waals surface area contributed by atoms with Gasteiger partial charge in [0.1, 0.15) is 0 Å². The Labute approximate surface area is 178 Å². The molecule has 4 heteroatoms. The van der Waals surface area contributed by atoms with E-state index < -0.39 is 0 Å². The smallest absolute Gasteiger partial charge is 0.0633 e. The van der Waals surface area contributed by atoms with E-state index in [1.54, 1.807) is 22.7 Å². The molecule has 0 N–H and O–H groups in total. The molecule has 0 spiro atoms. The SMILES string of the molecule is CC1(C)c2cc(N=Cc3cccs3)ccc2-c2ccc(N=Cc3cccs3)cc21. The van der Waals surface area contributed by atoms with Crippen LogP contribution in [0, 0.1) is 0 Å². The molecule has 0 radical (unpaired) electrons. The van der Waals surface area contributed by atoms with Crippen molar-refractivity contribution in [2.75, 3.05) is 0 Å². The van der Waals surface area contributed by atoms with Crippen LogP contribution in [-0.2, 0) is 5.41 Å². The minimum atomic E-state index is -0.0758. The monoisotopic (exact) mass is 412 g/mol. The molecule has 142 valence electrons. The van der Waals surface area contributed by atoms with Crippen LogP contribution in [0.3, 0.4) is 0 Å². The summed E-state index contributed by atoms with van der Waals surface area (Å²) in [7, 11) is 0. The number of hydrogen-bond acceptors (Lipinski definition) is 4. The van der Waals surface area contributed by atoms with Crippen molar-refractivity contribution in [2.24, 2.45) is 9.98 Å². The summed E-state index contributed by atoms with van der Waals surface area (Å²) in [5, 5.41) is 4.14. The van der Waals surface area contributed by atoms with Crippen molar-refractivity contribution in [1.82, 2.24) is 0 Å². The first-order valence-corrected chi connectivity index (χ1v) is 11.3. The number of fused-ring (bicyclic) bond motifs is 3. The van der Waals surface area contributed by atoms with E-state index in [0.717, 1.165) is 11.4 Å². The second kappa shape index (κ2) is 7.21. The van der Waals surface area contributed by atoms with Gasteiger partial charge in [0.05, 0.1) is 11.4 Å². The van der Waals surface area contributed by atoms with Crippen molar-refractivity contribution in [1.29, 1.82) is 0 Å². The van der Waals surface area contributed by atoms with Gasteiger partial charge in [-0.2, -0.15) is 0 Å². The van der Waals surface area contributed by atoms with E-state index in [9.17, 15) is 0 Å². The van der Waals surface area contributed by atoms with Gasteiger partial charge < -0.3 is 0 Å². The topological polar surface area (TPSA) is 24.7 Å². The Morgan fingerprint density at radius 2 is 1.17 bits per heavy atom. The number of hydrogen-bond donors (Lipinski definition) is 0. The Balaban J connectivity index is 1.49. The lowest BCUT2D eigenvalue weighted by Gasteiger charge is -2.21. The highest BCUT2D eigenvalue weighted by atomic mass is 32.1. The Kier molecular flexibility index (Phi) is 4.53. The molecule has 0 atom stereocenters. The number of aliphatic imine (C=N–C) groups is 2. The highest BCUT2D eigenvalue weighted by molar-refractivity contribution is 7.12. The fraction of sp³-hybridized carbons (Fsp3) is 0.120. The van der Waals surface area contributed by atoms with Gasteiger partial charge in [-0.1, -0.05) is 38.1 Å². The van der Waals surface area contributed by atoms with Gasteiger partial charge >= 0.3 is 0 Å². The average molecular weight is 413 g/mol. The molecule has 0 aliphatic heterocycles. The zero-order chi connectivity index (χ0) is 19.8. The van der Waals surface area contributed by atoms with Gasteiger partial charge in [-0.15, -0.1) is 22.7 Å². The first-order valence-electron chi connectivity index (χ1n) is 9.56. The van der Waals surface area contributed by atoms with Crippen molar-refractivity contribution in [2.45, 2.75) is 19.3 Å². The van der Waals surface area contributed by atoms with Crippen LogP contribution in [0.5, 0.6) is 0 Å². The maximum atomic E-state index is 4.69. The molecule has 0 bridgehead atoms. The molecule has 29 heavy (non-hydrogen) atoms. The van der Waals surface area contributed by atoms with E-state index in [-0.39, 0.29) is 5.41 Å². The molecule has 2 heterocycles. The summed E-state index contributed by atoms with van der Waals surface area (Å²) in [6.45, 7) is 4.58. The maximum Gasteiger partial charge on any atom is 0.0633 e. The zero-order valence-corrected chi connectivity index (χ0v) is 17.9. The van der Waals surface area contributed by atoms with E-state index in [0.29, 0.717) is 0 Å². The molecule has 1 aliphatic rings. The van der Waals surface area contributed by atoms with Gasteiger partial charge in [0.15, 0.2) is 0 Å². The second-order valence-electron chi connectivity index (χ2n) is 7.63. The maximum absolute atomic E-state index is 4.69. The predicted octanol–water partition coefficient (Wildman–Crippen LogP) is 7.62. The Morgan fingerprint density at radius 3 is 1.59 bits per heavy atom. The fourth-order valence-electron chi connectivity index (χ4n) is 3.88. The van der Waals surface area contributed by atoms with E-state index >= 15 is 0 Å². The third kappa shape index (κ3) is 3.39. The Hall–Kier alpha value is -2.82. The largest absolute Gasteiger partial charge is 0.255 e. The quantitative estimate of drug-likeness (QED) is 0.308. The minimum absolute atomic E-state index is 0.0758. The van der Waals surface area contributed by atoms with Crippen LogP contribution >= 0.6 is 22.7 Å². The summed E-state index contributed by atoms with van der Waals surface area (Å²) in [6, 6.07) is 21.4. The first-order chi connectivity index (χ1) is 14.1. The molecule has 0 amide bonds. The van der Waals surface area contributed by atoms with E-state index in [1.807, 2.05) is 24.6 Å². The van der Waals surface area contributed by atoms with Crippen LogP contribution in [0.1, 0.15) is 34.7 Å². The standard InChI is InChI=1S/C25H20N2S2/c1-25(2)23-13-17(26-15-19-5-3-11-28-19)7-9-21(23)22-10-8-18(14-24(22)25)27-16-20-6-4-12-29-20/h3-16H,1-2H3. The normalized spacial score (nSPS) is 14.6. The summed E-state index contributed by atoms with van der Waals surface area (Å²) in [6.07, 6.45) is 3.89. The predicted molar refractivity (Wildman–Crippen MR) is 127 cm³/mol. The Morgan fingerprint density at radius 1 is 0.690 bits per heavy atom. The second-order valence-corrected chi connectivity index (χ2v) is 9.59. The molecule has 5 rings (SSSR count). The molecule has 2 nitrogen and oxygen atoms in total. The summed E-state index contributed by atoms with van der Waals surface area (Å²) in [5.74, 6) is 0. The number of benzene rings is 2. The van der Waals surface area contributed by atoms with Gasteiger partial charge in [-0.25, -0.2) is 0 Å².